The Morgan fingerprint density at radius 3 is 2.57 bits per heavy atom. The molecule has 2 aromatic heterocycles. The number of hydrogen-bond acceptors (Lipinski definition) is 3. The minimum absolute atomic E-state index is 0.0924. The Morgan fingerprint density at radius 1 is 0.957 bits per heavy atom. The van der Waals surface area contributed by atoms with Crippen molar-refractivity contribution < 1.29 is 4.79 Å². The summed E-state index contributed by atoms with van der Waals surface area (Å²) in [6, 6.07) is 15.4. The standard InChI is InChI=1S/C18H15N3OSe/c22-18(21-15-4-3-9-20-12-15)16-5-1-2-6-17(16)23-13-14-7-10-19-11-8-14/h1-12H,13H2,(H,21,22). The molecule has 0 fully saturated rings. The van der Waals surface area contributed by atoms with Crippen molar-refractivity contribution in [3.8, 4) is 0 Å². The average Bonchev–Trinajstić information content (AvgIpc) is 2.62. The van der Waals surface area contributed by atoms with Crippen LogP contribution in [0.25, 0.3) is 0 Å². The Hall–Kier alpha value is -2.49. The fourth-order valence-electron chi connectivity index (χ4n) is 2.06. The molecular weight excluding hydrogens is 353 g/mol. The van der Waals surface area contributed by atoms with Gasteiger partial charge in [0.05, 0.1) is 0 Å². The summed E-state index contributed by atoms with van der Waals surface area (Å²) in [5, 5.41) is 3.83. The Kier molecular flexibility index (Phi) is 5.14. The Morgan fingerprint density at radius 2 is 1.78 bits per heavy atom. The Balaban J connectivity index is 1.73. The van der Waals surface area contributed by atoms with Crippen LogP contribution in [0.3, 0.4) is 0 Å². The van der Waals surface area contributed by atoms with E-state index < -0.39 is 0 Å². The number of anilines is 1. The predicted molar refractivity (Wildman–Crippen MR) is 92.0 cm³/mol. The third kappa shape index (κ3) is 4.25. The van der Waals surface area contributed by atoms with Crippen molar-refractivity contribution in [3.63, 3.8) is 0 Å². The van der Waals surface area contributed by atoms with Crippen molar-refractivity contribution in [1.29, 1.82) is 0 Å². The quantitative estimate of drug-likeness (QED) is 0.703. The van der Waals surface area contributed by atoms with Gasteiger partial charge in [-0.25, -0.2) is 0 Å². The second-order valence-electron chi connectivity index (χ2n) is 4.84. The second-order valence-corrected chi connectivity index (χ2v) is 6.97. The average molecular weight is 368 g/mol. The van der Waals surface area contributed by atoms with Gasteiger partial charge in [0.2, 0.25) is 0 Å². The number of carbonyl (C=O) groups excluding carboxylic acids is 1. The number of carbonyl (C=O) groups is 1. The van der Waals surface area contributed by atoms with Gasteiger partial charge >= 0.3 is 141 Å². The Bertz CT molecular complexity index is 779. The summed E-state index contributed by atoms with van der Waals surface area (Å²) in [6.45, 7) is 0. The number of pyridine rings is 2. The van der Waals surface area contributed by atoms with Crippen LogP contribution in [-0.4, -0.2) is 30.8 Å². The van der Waals surface area contributed by atoms with Crippen LogP contribution in [-0.2, 0) is 5.32 Å². The van der Waals surface area contributed by atoms with Gasteiger partial charge in [-0.1, -0.05) is 0 Å². The fraction of sp³-hybridized carbons (Fsp3) is 0.0556. The first kappa shape index (κ1) is 15.4. The first-order chi connectivity index (χ1) is 11.3. The van der Waals surface area contributed by atoms with Gasteiger partial charge in [-0.15, -0.1) is 0 Å². The van der Waals surface area contributed by atoms with Crippen LogP contribution in [0.15, 0.2) is 73.3 Å². The summed E-state index contributed by atoms with van der Waals surface area (Å²) in [5.41, 5.74) is 2.67. The first-order valence-electron chi connectivity index (χ1n) is 7.15. The van der Waals surface area contributed by atoms with Crippen LogP contribution < -0.4 is 9.78 Å². The molecule has 5 heteroatoms. The molecule has 0 aliphatic rings. The molecule has 0 aliphatic heterocycles. The summed E-state index contributed by atoms with van der Waals surface area (Å²) in [6.07, 6.45) is 6.92. The zero-order valence-corrected chi connectivity index (χ0v) is 14.1. The molecule has 2 heterocycles. The van der Waals surface area contributed by atoms with Crippen LogP contribution in [0.5, 0.6) is 0 Å². The third-order valence-corrected chi connectivity index (χ3v) is 5.60. The van der Waals surface area contributed by atoms with Crippen LogP contribution in [0.2, 0.25) is 0 Å². The van der Waals surface area contributed by atoms with E-state index in [1.165, 1.54) is 5.56 Å². The van der Waals surface area contributed by atoms with Gasteiger partial charge in [0.1, 0.15) is 0 Å². The van der Waals surface area contributed by atoms with E-state index in [2.05, 4.69) is 15.3 Å². The molecule has 3 rings (SSSR count). The number of nitrogens with zero attached hydrogens (tertiary/aromatic N) is 2. The topological polar surface area (TPSA) is 54.9 Å². The van der Waals surface area contributed by atoms with Crippen LogP contribution in [0.1, 0.15) is 15.9 Å². The molecule has 0 spiro atoms. The number of aromatic nitrogens is 2. The number of amides is 1. The molecule has 1 N–H and O–H groups in total. The van der Waals surface area contributed by atoms with Crippen molar-refractivity contribution in [2.75, 3.05) is 5.32 Å². The maximum atomic E-state index is 12.5. The molecule has 0 saturated carbocycles. The molecule has 4 nitrogen and oxygen atoms in total. The molecule has 0 saturated heterocycles. The molecule has 0 unspecified atom stereocenters. The van der Waals surface area contributed by atoms with E-state index in [0.29, 0.717) is 5.69 Å². The summed E-state index contributed by atoms with van der Waals surface area (Å²) >= 11 is 0.185. The molecule has 1 aromatic carbocycles. The van der Waals surface area contributed by atoms with Crippen molar-refractivity contribution in [2.24, 2.45) is 0 Å². The summed E-state index contributed by atoms with van der Waals surface area (Å²) in [5.74, 6) is -0.0924. The molecule has 0 radical (unpaired) electrons. The van der Waals surface area contributed by atoms with Gasteiger partial charge in [-0.3, -0.25) is 0 Å². The third-order valence-electron chi connectivity index (χ3n) is 3.19. The van der Waals surface area contributed by atoms with E-state index in [4.69, 9.17) is 0 Å². The number of nitrogens with one attached hydrogen (secondary N) is 1. The van der Waals surface area contributed by atoms with Crippen molar-refractivity contribution in [1.82, 2.24) is 9.97 Å². The Labute approximate surface area is 141 Å². The zero-order valence-electron chi connectivity index (χ0n) is 12.3. The van der Waals surface area contributed by atoms with E-state index in [-0.39, 0.29) is 20.9 Å². The molecule has 23 heavy (non-hydrogen) atoms. The van der Waals surface area contributed by atoms with E-state index in [1.54, 1.807) is 30.9 Å². The summed E-state index contributed by atoms with van der Waals surface area (Å²) < 4.78 is 1.10. The van der Waals surface area contributed by atoms with Crippen molar-refractivity contribution in [3.05, 3.63) is 84.4 Å². The van der Waals surface area contributed by atoms with Crippen LogP contribution >= 0.6 is 0 Å². The molecule has 0 atom stereocenters. The zero-order chi connectivity index (χ0) is 15.9. The second kappa shape index (κ2) is 7.68. The van der Waals surface area contributed by atoms with E-state index in [9.17, 15) is 4.79 Å². The van der Waals surface area contributed by atoms with Gasteiger partial charge in [-0.05, 0) is 0 Å². The van der Waals surface area contributed by atoms with Crippen LogP contribution in [0.4, 0.5) is 5.69 Å². The van der Waals surface area contributed by atoms with E-state index in [1.807, 2.05) is 42.5 Å². The van der Waals surface area contributed by atoms with Gasteiger partial charge in [0.25, 0.3) is 0 Å². The normalized spacial score (nSPS) is 10.3. The van der Waals surface area contributed by atoms with Gasteiger partial charge in [-0.2, -0.15) is 0 Å². The molecule has 1 amide bonds. The van der Waals surface area contributed by atoms with Crippen molar-refractivity contribution in [2.45, 2.75) is 5.32 Å². The molecule has 114 valence electrons. The summed E-state index contributed by atoms with van der Waals surface area (Å²) in [4.78, 5) is 20.6. The minimum atomic E-state index is -0.0924. The van der Waals surface area contributed by atoms with Crippen molar-refractivity contribution >= 4 is 31.0 Å². The van der Waals surface area contributed by atoms with Gasteiger partial charge in [0, 0.05) is 0 Å². The van der Waals surface area contributed by atoms with E-state index in [0.717, 1.165) is 15.3 Å². The molecular formula is C18H15N3OSe. The monoisotopic (exact) mass is 369 g/mol. The van der Waals surface area contributed by atoms with Crippen LogP contribution in [0, 0.1) is 0 Å². The fourth-order valence-corrected chi connectivity index (χ4v) is 4.17. The van der Waals surface area contributed by atoms with Gasteiger partial charge in [0.15, 0.2) is 0 Å². The molecule has 0 aliphatic carbocycles. The van der Waals surface area contributed by atoms with E-state index >= 15 is 0 Å². The maximum absolute atomic E-state index is 12.5. The van der Waals surface area contributed by atoms with Gasteiger partial charge < -0.3 is 0 Å². The predicted octanol–water partition coefficient (Wildman–Crippen LogP) is 2.26. The number of rotatable bonds is 5. The number of benzene rings is 1. The SMILES string of the molecule is O=C(Nc1cccnc1)c1ccccc1[Se]Cc1ccncc1. The first-order valence-corrected chi connectivity index (χ1v) is 9.22. The summed E-state index contributed by atoms with van der Waals surface area (Å²) in [7, 11) is 0. The number of hydrogen-bond donors (Lipinski definition) is 1. The molecule has 0 bridgehead atoms. The molecule has 3 aromatic rings.